The van der Waals surface area contributed by atoms with Crippen LogP contribution in [-0.4, -0.2) is 54.8 Å². The first kappa shape index (κ1) is 17.8. The zero-order valence-corrected chi connectivity index (χ0v) is 15.3. The molecule has 2 fully saturated rings. The molecule has 0 radical (unpaired) electrons. The fourth-order valence-corrected chi connectivity index (χ4v) is 3.95. The Hall–Kier alpha value is -2.57. The number of ether oxygens (including phenoxy) is 2. The van der Waals surface area contributed by atoms with Gasteiger partial charge in [-0.3, -0.25) is 9.69 Å². The van der Waals surface area contributed by atoms with Crippen molar-refractivity contribution >= 4 is 5.91 Å². The van der Waals surface area contributed by atoms with Crippen LogP contribution in [0.1, 0.15) is 28.4 Å². The summed E-state index contributed by atoms with van der Waals surface area (Å²) < 4.78 is 11.1. The number of nitrogens with one attached hydrogen (secondary N) is 1. The van der Waals surface area contributed by atoms with E-state index < -0.39 is 0 Å². The van der Waals surface area contributed by atoms with Crippen molar-refractivity contribution in [2.24, 2.45) is 0 Å². The average Bonchev–Trinajstić information content (AvgIpc) is 3.10. The third-order valence-corrected chi connectivity index (χ3v) is 5.37. The second kappa shape index (κ2) is 7.58. The van der Waals surface area contributed by atoms with Crippen molar-refractivity contribution in [3.05, 3.63) is 59.7 Å². The van der Waals surface area contributed by atoms with Gasteiger partial charge in [0.15, 0.2) is 11.5 Å². The molecule has 2 heterocycles. The third kappa shape index (κ3) is 3.77. The van der Waals surface area contributed by atoms with Crippen LogP contribution in [0, 0.1) is 0 Å². The number of carbonyl (C=O) groups excluding carboxylic acids is 1. The molecule has 6 heteroatoms. The highest BCUT2D eigenvalue weighted by Crippen LogP contribution is 2.31. The van der Waals surface area contributed by atoms with Gasteiger partial charge in [-0.15, -0.1) is 0 Å². The lowest BCUT2D eigenvalue weighted by Gasteiger charge is -2.35. The van der Waals surface area contributed by atoms with Gasteiger partial charge in [-0.25, -0.2) is 0 Å². The van der Waals surface area contributed by atoms with Crippen LogP contribution in [0.15, 0.2) is 48.5 Å². The number of benzene rings is 2. The summed E-state index contributed by atoms with van der Waals surface area (Å²) in [5.41, 5.74) is 1.62. The first-order valence-electron chi connectivity index (χ1n) is 9.22. The van der Waals surface area contributed by atoms with Crippen molar-refractivity contribution in [1.29, 1.82) is 0 Å². The molecule has 2 aromatic rings. The number of hydrogen-bond acceptors (Lipinski definition) is 5. The molecule has 2 aliphatic heterocycles. The number of phenolic OH excluding ortho intramolecular Hbond substituents is 1. The average molecular weight is 368 g/mol. The molecule has 0 saturated carbocycles. The topological polar surface area (TPSA) is 71.0 Å². The summed E-state index contributed by atoms with van der Waals surface area (Å²) in [5.74, 6) is 0.139. The van der Waals surface area contributed by atoms with Gasteiger partial charge in [0, 0.05) is 30.7 Å². The number of fused-ring (bicyclic) bond motifs is 1. The quantitative estimate of drug-likeness (QED) is 0.867. The van der Waals surface area contributed by atoms with Gasteiger partial charge in [0.1, 0.15) is 0 Å². The van der Waals surface area contributed by atoms with Crippen LogP contribution in [0.5, 0.6) is 11.5 Å². The summed E-state index contributed by atoms with van der Waals surface area (Å²) in [6, 6.07) is 15.4. The summed E-state index contributed by atoms with van der Waals surface area (Å²) in [5, 5.41) is 13.0. The van der Waals surface area contributed by atoms with Gasteiger partial charge in [0.25, 0.3) is 5.91 Å². The standard InChI is InChI=1S/C21H24N2O4/c1-26-19-8-7-15(9-18(19)24)21(25)22-16-10-17-13-27-20(12-23(17)11-16)14-5-3-2-4-6-14/h2-9,16-17,20,24H,10-13H2,1H3,(H,22,25)/t16-,17+,20-/m1/s1. The zero-order valence-electron chi connectivity index (χ0n) is 15.3. The van der Waals surface area contributed by atoms with Crippen LogP contribution in [0.4, 0.5) is 0 Å². The van der Waals surface area contributed by atoms with E-state index in [-0.39, 0.29) is 23.8 Å². The fourth-order valence-electron chi connectivity index (χ4n) is 3.95. The van der Waals surface area contributed by atoms with Crippen molar-refractivity contribution in [3.63, 3.8) is 0 Å². The molecule has 1 amide bonds. The van der Waals surface area contributed by atoms with Crippen LogP contribution in [-0.2, 0) is 4.74 Å². The second-order valence-corrected chi connectivity index (χ2v) is 7.13. The summed E-state index contributed by atoms with van der Waals surface area (Å²) in [6.45, 7) is 2.32. The largest absolute Gasteiger partial charge is 0.504 e. The number of nitrogens with zero attached hydrogens (tertiary/aromatic N) is 1. The highest BCUT2D eigenvalue weighted by atomic mass is 16.5. The van der Waals surface area contributed by atoms with E-state index in [4.69, 9.17) is 9.47 Å². The van der Waals surface area contributed by atoms with Gasteiger partial charge in [0.05, 0.1) is 19.8 Å². The zero-order chi connectivity index (χ0) is 18.8. The van der Waals surface area contributed by atoms with E-state index in [1.165, 1.54) is 18.7 Å². The minimum absolute atomic E-state index is 0.0342. The number of amides is 1. The van der Waals surface area contributed by atoms with E-state index in [1.54, 1.807) is 12.1 Å². The van der Waals surface area contributed by atoms with E-state index in [0.717, 1.165) is 19.5 Å². The molecule has 0 bridgehead atoms. The van der Waals surface area contributed by atoms with Gasteiger partial charge in [-0.2, -0.15) is 0 Å². The maximum Gasteiger partial charge on any atom is 0.251 e. The van der Waals surface area contributed by atoms with Crippen LogP contribution >= 0.6 is 0 Å². The molecular formula is C21H24N2O4. The predicted molar refractivity (Wildman–Crippen MR) is 101 cm³/mol. The second-order valence-electron chi connectivity index (χ2n) is 7.13. The maximum atomic E-state index is 12.5. The SMILES string of the molecule is COc1ccc(C(=O)N[C@@H]2C[C@H]3CO[C@@H](c4ccccc4)CN3C2)cc1O. The molecule has 27 heavy (non-hydrogen) atoms. The van der Waals surface area contributed by atoms with E-state index in [0.29, 0.717) is 24.0 Å². The molecule has 0 unspecified atom stereocenters. The van der Waals surface area contributed by atoms with Gasteiger partial charge < -0.3 is 19.9 Å². The van der Waals surface area contributed by atoms with Crippen molar-refractivity contribution in [2.45, 2.75) is 24.6 Å². The number of aromatic hydroxyl groups is 1. The van der Waals surface area contributed by atoms with Crippen molar-refractivity contribution in [1.82, 2.24) is 10.2 Å². The number of morpholine rings is 1. The molecular weight excluding hydrogens is 344 g/mol. The monoisotopic (exact) mass is 368 g/mol. The molecule has 2 aliphatic rings. The van der Waals surface area contributed by atoms with E-state index in [1.807, 2.05) is 18.2 Å². The number of hydrogen-bond donors (Lipinski definition) is 2. The molecule has 2 saturated heterocycles. The van der Waals surface area contributed by atoms with Crippen molar-refractivity contribution in [2.75, 3.05) is 26.8 Å². The van der Waals surface area contributed by atoms with Crippen LogP contribution < -0.4 is 10.1 Å². The maximum absolute atomic E-state index is 12.5. The Morgan fingerprint density at radius 3 is 2.78 bits per heavy atom. The molecule has 142 valence electrons. The van der Waals surface area contributed by atoms with Gasteiger partial charge in [-0.05, 0) is 30.2 Å². The van der Waals surface area contributed by atoms with Crippen molar-refractivity contribution in [3.8, 4) is 11.5 Å². The lowest BCUT2D eigenvalue weighted by molar-refractivity contribution is -0.0502. The number of carbonyl (C=O) groups is 1. The predicted octanol–water partition coefficient (Wildman–Crippen LogP) is 2.35. The number of phenols is 1. The van der Waals surface area contributed by atoms with E-state index in [9.17, 15) is 9.90 Å². The van der Waals surface area contributed by atoms with Crippen LogP contribution in [0.2, 0.25) is 0 Å². The number of rotatable bonds is 4. The first-order chi connectivity index (χ1) is 13.1. The Morgan fingerprint density at radius 1 is 1.22 bits per heavy atom. The summed E-state index contributed by atoms with van der Waals surface area (Å²) >= 11 is 0. The Bertz CT molecular complexity index is 811. The smallest absolute Gasteiger partial charge is 0.251 e. The normalized spacial score (nSPS) is 25.0. The summed E-state index contributed by atoms with van der Waals surface area (Å²) in [4.78, 5) is 14.9. The minimum atomic E-state index is -0.182. The lowest BCUT2D eigenvalue weighted by atomic mass is 10.1. The Balaban J connectivity index is 1.37. The lowest BCUT2D eigenvalue weighted by Crippen LogP contribution is -2.43. The van der Waals surface area contributed by atoms with Gasteiger partial charge in [0.2, 0.25) is 0 Å². The molecule has 0 aliphatic carbocycles. The highest BCUT2D eigenvalue weighted by Gasteiger charge is 2.38. The Labute approximate surface area is 158 Å². The molecule has 2 N–H and O–H groups in total. The molecule has 0 spiro atoms. The summed E-state index contributed by atoms with van der Waals surface area (Å²) in [7, 11) is 1.48. The van der Waals surface area contributed by atoms with Crippen LogP contribution in [0.3, 0.4) is 0 Å². The highest BCUT2D eigenvalue weighted by molar-refractivity contribution is 5.95. The minimum Gasteiger partial charge on any atom is -0.504 e. The first-order valence-corrected chi connectivity index (χ1v) is 9.22. The summed E-state index contributed by atoms with van der Waals surface area (Å²) in [6.07, 6.45) is 0.950. The molecule has 3 atom stereocenters. The van der Waals surface area contributed by atoms with Gasteiger partial charge >= 0.3 is 0 Å². The fraction of sp³-hybridized carbons (Fsp3) is 0.381. The van der Waals surface area contributed by atoms with E-state index in [2.05, 4.69) is 22.3 Å². The molecule has 6 nitrogen and oxygen atoms in total. The van der Waals surface area contributed by atoms with E-state index >= 15 is 0 Å². The Morgan fingerprint density at radius 2 is 2.04 bits per heavy atom. The van der Waals surface area contributed by atoms with Crippen LogP contribution in [0.25, 0.3) is 0 Å². The Kier molecular flexibility index (Phi) is 5.01. The third-order valence-electron chi connectivity index (χ3n) is 5.37. The molecule has 2 aromatic carbocycles. The molecule has 0 aromatic heterocycles. The number of methoxy groups -OCH3 is 1. The van der Waals surface area contributed by atoms with Crippen molar-refractivity contribution < 1.29 is 19.4 Å². The molecule has 4 rings (SSSR count). The van der Waals surface area contributed by atoms with Gasteiger partial charge in [-0.1, -0.05) is 30.3 Å².